The van der Waals surface area contributed by atoms with Gasteiger partial charge in [0.2, 0.25) is 5.69 Å². The standard InChI is InChI=1S/C47H49N2/c1-6-31-47(34-37-20-11-8-12-21-37)44(49(32-30-35(2)3)42-29-28-38-22-13-14-23-39(38)45(42)47)27-17-26-43-46(4,33-36-18-9-7-10-19-36)40-24-15-16-25-41(40)48(43)5/h6-29,35H,1,30-34H2,2-5H3/q+1. The van der Waals surface area contributed by atoms with Crippen LogP contribution in [0.15, 0.2) is 158 Å². The van der Waals surface area contributed by atoms with Crippen LogP contribution in [-0.2, 0) is 23.7 Å². The summed E-state index contributed by atoms with van der Waals surface area (Å²) in [5.74, 6) is 0.601. The maximum absolute atomic E-state index is 4.36. The van der Waals surface area contributed by atoms with Crippen LogP contribution in [0.5, 0.6) is 0 Å². The summed E-state index contributed by atoms with van der Waals surface area (Å²) in [4.78, 5) is 2.64. The molecule has 2 heteroatoms. The molecule has 246 valence electrons. The van der Waals surface area contributed by atoms with Gasteiger partial charge in [-0.1, -0.05) is 135 Å². The van der Waals surface area contributed by atoms with E-state index in [0.717, 1.165) is 32.2 Å². The second-order valence-electron chi connectivity index (χ2n) is 14.6. The molecule has 2 nitrogen and oxygen atoms in total. The van der Waals surface area contributed by atoms with Crippen LogP contribution in [0.1, 0.15) is 55.9 Å². The van der Waals surface area contributed by atoms with Gasteiger partial charge < -0.3 is 4.90 Å². The Morgan fingerprint density at radius 2 is 1.43 bits per heavy atom. The van der Waals surface area contributed by atoms with E-state index in [1.807, 2.05) is 0 Å². The largest absolute Gasteiger partial charge is 0.344 e. The van der Waals surface area contributed by atoms with Crippen LogP contribution < -0.4 is 4.90 Å². The Morgan fingerprint density at radius 1 is 0.776 bits per heavy atom. The average Bonchev–Trinajstić information content (AvgIpc) is 3.49. The molecule has 2 atom stereocenters. The second kappa shape index (κ2) is 13.5. The number of para-hydroxylation sites is 1. The van der Waals surface area contributed by atoms with Gasteiger partial charge in [-0.3, -0.25) is 0 Å². The summed E-state index contributed by atoms with van der Waals surface area (Å²) in [6.07, 6.45) is 13.1. The SMILES string of the molecule is C=CCC1(Cc2ccccc2)/C(=C\C=C\C2=[N+](C)c3ccccc3C2(C)Cc2ccccc2)N(CCC(C)C)c2ccc3ccccc3c21. The highest BCUT2D eigenvalue weighted by molar-refractivity contribution is 6.04. The Kier molecular flexibility index (Phi) is 8.99. The van der Waals surface area contributed by atoms with Crippen LogP contribution in [0.25, 0.3) is 10.8 Å². The van der Waals surface area contributed by atoms with Crippen molar-refractivity contribution in [3.05, 3.63) is 180 Å². The molecule has 2 aliphatic rings. The van der Waals surface area contributed by atoms with Gasteiger partial charge in [-0.2, -0.15) is 4.58 Å². The molecule has 0 fully saturated rings. The minimum absolute atomic E-state index is 0.157. The number of allylic oxidation sites excluding steroid dienone is 5. The lowest BCUT2D eigenvalue weighted by Crippen LogP contribution is -2.34. The van der Waals surface area contributed by atoms with E-state index in [1.54, 1.807) is 0 Å². The van der Waals surface area contributed by atoms with Crippen molar-refractivity contribution in [1.29, 1.82) is 0 Å². The normalized spacial score (nSPS) is 20.9. The average molecular weight is 642 g/mol. The highest BCUT2D eigenvalue weighted by atomic mass is 15.2. The zero-order valence-electron chi connectivity index (χ0n) is 29.6. The van der Waals surface area contributed by atoms with Crippen LogP contribution in [0, 0.1) is 5.92 Å². The minimum Gasteiger partial charge on any atom is -0.344 e. The lowest BCUT2D eigenvalue weighted by atomic mass is 9.70. The molecule has 7 rings (SSSR count). The van der Waals surface area contributed by atoms with Gasteiger partial charge in [0, 0.05) is 41.1 Å². The van der Waals surface area contributed by atoms with E-state index in [4.69, 9.17) is 0 Å². The third-order valence-corrected chi connectivity index (χ3v) is 10.9. The van der Waals surface area contributed by atoms with Gasteiger partial charge in [-0.15, -0.1) is 6.58 Å². The third kappa shape index (κ3) is 5.88. The van der Waals surface area contributed by atoms with Gasteiger partial charge in [0.05, 0.1) is 5.41 Å². The smallest absolute Gasteiger partial charge is 0.209 e. The number of hydrogen-bond acceptors (Lipinski definition) is 1. The maximum atomic E-state index is 4.36. The van der Waals surface area contributed by atoms with E-state index < -0.39 is 0 Å². The lowest BCUT2D eigenvalue weighted by molar-refractivity contribution is -0.401. The quantitative estimate of drug-likeness (QED) is 0.103. The topological polar surface area (TPSA) is 6.25 Å². The molecule has 0 spiro atoms. The Hall–Kier alpha value is -4.95. The van der Waals surface area contributed by atoms with E-state index in [-0.39, 0.29) is 10.8 Å². The van der Waals surface area contributed by atoms with Gasteiger partial charge in [0.1, 0.15) is 7.05 Å². The number of rotatable bonds is 11. The number of benzene rings is 5. The molecule has 2 unspecified atom stereocenters. The van der Waals surface area contributed by atoms with Crippen molar-refractivity contribution in [3.8, 4) is 0 Å². The predicted molar refractivity (Wildman–Crippen MR) is 209 cm³/mol. The van der Waals surface area contributed by atoms with Gasteiger partial charge in [0.15, 0.2) is 5.71 Å². The number of fused-ring (bicyclic) bond motifs is 4. The van der Waals surface area contributed by atoms with Crippen molar-refractivity contribution in [2.45, 2.75) is 57.3 Å². The minimum atomic E-state index is -0.261. The van der Waals surface area contributed by atoms with E-state index in [0.29, 0.717) is 5.92 Å². The number of hydrogen-bond donors (Lipinski definition) is 0. The highest BCUT2D eigenvalue weighted by Gasteiger charge is 2.48. The monoisotopic (exact) mass is 641 g/mol. The molecule has 2 heterocycles. The molecule has 0 saturated heterocycles. The molecule has 0 amide bonds. The first-order chi connectivity index (χ1) is 23.9. The molecule has 0 bridgehead atoms. The first kappa shape index (κ1) is 32.6. The predicted octanol–water partition coefficient (Wildman–Crippen LogP) is 11.1. The van der Waals surface area contributed by atoms with Gasteiger partial charge in [-0.05, 0) is 78.1 Å². The zero-order valence-corrected chi connectivity index (χ0v) is 29.6. The maximum Gasteiger partial charge on any atom is 0.209 e. The van der Waals surface area contributed by atoms with Crippen LogP contribution in [-0.4, -0.2) is 23.9 Å². The fourth-order valence-corrected chi connectivity index (χ4v) is 8.62. The van der Waals surface area contributed by atoms with E-state index in [1.165, 1.54) is 55.8 Å². The third-order valence-electron chi connectivity index (χ3n) is 10.9. The fourth-order valence-electron chi connectivity index (χ4n) is 8.62. The van der Waals surface area contributed by atoms with E-state index in [2.05, 4.69) is 190 Å². The van der Waals surface area contributed by atoms with Crippen LogP contribution in [0.2, 0.25) is 0 Å². The van der Waals surface area contributed by atoms with Gasteiger partial charge >= 0.3 is 0 Å². The van der Waals surface area contributed by atoms with Crippen LogP contribution in [0.4, 0.5) is 11.4 Å². The second-order valence-corrected chi connectivity index (χ2v) is 14.6. The van der Waals surface area contributed by atoms with Crippen molar-refractivity contribution in [3.63, 3.8) is 0 Å². The summed E-state index contributed by atoms with van der Waals surface area (Å²) in [6, 6.07) is 44.5. The summed E-state index contributed by atoms with van der Waals surface area (Å²) >= 11 is 0. The number of anilines is 1. The van der Waals surface area contributed by atoms with Crippen molar-refractivity contribution in [2.75, 3.05) is 18.5 Å². The molecule has 0 aromatic heterocycles. The Bertz CT molecular complexity index is 2070. The highest BCUT2D eigenvalue weighted by Crippen LogP contribution is 2.55. The van der Waals surface area contributed by atoms with Crippen LogP contribution >= 0.6 is 0 Å². The van der Waals surface area contributed by atoms with E-state index in [9.17, 15) is 0 Å². The summed E-state index contributed by atoms with van der Waals surface area (Å²) in [7, 11) is 2.23. The first-order valence-corrected chi connectivity index (χ1v) is 17.9. The molecule has 0 N–H and O–H groups in total. The summed E-state index contributed by atoms with van der Waals surface area (Å²) < 4.78 is 2.40. The molecule has 0 radical (unpaired) electrons. The molecule has 0 aliphatic carbocycles. The molecular weight excluding hydrogens is 593 g/mol. The molecule has 49 heavy (non-hydrogen) atoms. The fraction of sp³-hybridized carbons (Fsp3) is 0.255. The summed E-state index contributed by atoms with van der Waals surface area (Å²) in [5.41, 5.74) is 10.4. The van der Waals surface area contributed by atoms with Gasteiger partial charge in [0.25, 0.3) is 0 Å². The zero-order chi connectivity index (χ0) is 34.0. The molecule has 2 aliphatic heterocycles. The Morgan fingerprint density at radius 3 is 2.14 bits per heavy atom. The molecular formula is C47H49N2+. The van der Waals surface area contributed by atoms with Crippen molar-refractivity contribution < 1.29 is 4.58 Å². The van der Waals surface area contributed by atoms with Crippen molar-refractivity contribution in [1.82, 2.24) is 0 Å². The molecule has 5 aromatic carbocycles. The van der Waals surface area contributed by atoms with Crippen molar-refractivity contribution in [2.24, 2.45) is 5.92 Å². The summed E-state index contributed by atoms with van der Waals surface area (Å²) in [6.45, 7) is 12.4. The van der Waals surface area contributed by atoms with Crippen LogP contribution in [0.3, 0.4) is 0 Å². The molecule has 0 saturated carbocycles. The molecule has 5 aromatic rings. The lowest BCUT2D eigenvalue weighted by Gasteiger charge is -2.34. The Balaban J connectivity index is 1.41. The number of nitrogens with zero attached hydrogens (tertiary/aromatic N) is 2. The summed E-state index contributed by atoms with van der Waals surface area (Å²) in [5, 5.41) is 2.64. The Labute approximate surface area is 293 Å². The first-order valence-electron chi connectivity index (χ1n) is 17.9. The van der Waals surface area contributed by atoms with Crippen molar-refractivity contribution >= 4 is 27.9 Å². The van der Waals surface area contributed by atoms with E-state index >= 15 is 0 Å². The van der Waals surface area contributed by atoms with Gasteiger partial charge in [-0.25, -0.2) is 0 Å².